The molecule has 0 amide bonds. The lowest BCUT2D eigenvalue weighted by atomic mass is 10.0. The number of ether oxygens (including phenoxy) is 1. The monoisotopic (exact) mass is 212 g/mol. The lowest BCUT2D eigenvalue weighted by molar-refractivity contribution is -0.139. The molecule has 1 aromatic carbocycles. The van der Waals surface area contributed by atoms with Gasteiger partial charge < -0.3 is 4.74 Å². The zero-order valence-electron chi connectivity index (χ0n) is 8.13. The number of aryl methyl sites for hydroxylation is 1. The van der Waals surface area contributed by atoms with Crippen molar-refractivity contribution in [2.45, 2.75) is 12.8 Å². The molecule has 0 saturated heterocycles. The molecule has 0 N–H and O–H groups in total. The third kappa shape index (κ3) is 3.04. The van der Waals surface area contributed by atoms with Crippen LogP contribution in [0.4, 0.5) is 0 Å². The van der Waals surface area contributed by atoms with E-state index in [1.165, 1.54) is 7.11 Å². The van der Waals surface area contributed by atoms with Gasteiger partial charge in [0.2, 0.25) is 0 Å². The molecule has 2 nitrogen and oxygen atoms in total. The van der Waals surface area contributed by atoms with E-state index >= 15 is 0 Å². The quantitative estimate of drug-likeness (QED) is 0.565. The average molecular weight is 213 g/mol. The van der Waals surface area contributed by atoms with Crippen molar-refractivity contribution in [3.05, 3.63) is 35.4 Å². The predicted octanol–water partition coefficient (Wildman–Crippen LogP) is 2.18. The molecule has 0 fully saturated rings. The number of carbonyl (C=O) groups is 1. The first-order valence-electron chi connectivity index (χ1n) is 4.47. The molecule has 1 aromatic rings. The highest BCUT2D eigenvalue weighted by Gasteiger charge is 2.06. The number of hydrogen-bond donors (Lipinski definition) is 0. The Morgan fingerprint density at radius 3 is 2.57 bits per heavy atom. The summed E-state index contributed by atoms with van der Waals surface area (Å²) in [6.07, 6.45) is 1.11. The number of alkyl halides is 1. The Balaban J connectivity index is 2.78. The van der Waals surface area contributed by atoms with Gasteiger partial charge in [0.05, 0.1) is 13.5 Å². The third-order valence-electron chi connectivity index (χ3n) is 2.04. The fourth-order valence-electron chi connectivity index (χ4n) is 1.30. The van der Waals surface area contributed by atoms with E-state index in [1.54, 1.807) is 0 Å². The van der Waals surface area contributed by atoms with Gasteiger partial charge in [0.25, 0.3) is 0 Å². The summed E-state index contributed by atoms with van der Waals surface area (Å²) in [4.78, 5) is 11.1. The lowest BCUT2D eigenvalue weighted by Crippen LogP contribution is -2.07. The molecule has 0 heterocycles. The molecule has 0 aliphatic carbocycles. The van der Waals surface area contributed by atoms with Gasteiger partial charge >= 0.3 is 5.97 Å². The highest BCUT2D eigenvalue weighted by molar-refractivity contribution is 6.18. The largest absolute Gasteiger partial charge is 0.469 e. The SMILES string of the molecule is COC(=O)Cc1ccccc1CCCl. The molecule has 3 heteroatoms. The topological polar surface area (TPSA) is 26.3 Å². The van der Waals surface area contributed by atoms with E-state index in [0.29, 0.717) is 12.3 Å². The van der Waals surface area contributed by atoms with E-state index < -0.39 is 0 Å². The first-order valence-corrected chi connectivity index (χ1v) is 5.01. The molecule has 1 rings (SSSR count). The molecular weight excluding hydrogens is 200 g/mol. The van der Waals surface area contributed by atoms with Crippen molar-refractivity contribution in [2.75, 3.05) is 13.0 Å². The van der Waals surface area contributed by atoms with Gasteiger partial charge in [0, 0.05) is 5.88 Å². The maximum Gasteiger partial charge on any atom is 0.309 e. The smallest absolute Gasteiger partial charge is 0.309 e. The molecule has 14 heavy (non-hydrogen) atoms. The number of rotatable bonds is 4. The van der Waals surface area contributed by atoms with E-state index in [2.05, 4.69) is 4.74 Å². The second-order valence-electron chi connectivity index (χ2n) is 2.96. The molecule has 0 unspecified atom stereocenters. The minimum atomic E-state index is -0.216. The summed E-state index contributed by atoms with van der Waals surface area (Å²) in [6.45, 7) is 0. The highest BCUT2D eigenvalue weighted by atomic mass is 35.5. The Labute approximate surface area is 88.8 Å². The Morgan fingerprint density at radius 2 is 2.00 bits per heavy atom. The van der Waals surface area contributed by atoms with Gasteiger partial charge in [0.1, 0.15) is 0 Å². The van der Waals surface area contributed by atoms with Crippen molar-refractivity contribution in [1.82, 2.24) is 0 Å². The standard InChI is InChI=1S/C11H13ClO2/c1-14-11(13)8-10-5-3-2-4-9(10)6-7-12/h2-5H,6-8H2,1H3. The van der Waals surface area contributed by atoms with Crippen molar-refractivity contribution < 1.29 is 9.53 Å². The van der Waals surface area contributed by atoms with E-state index in [1.807, 2.05) is 24.3 Å². The number of benzene rings is 1. The Hall–Kier alpha value is -1.02. The summed E-state index contributed by atoms with van der Waals surface area (Å²) in [7, 11) is 1.40. The maximum absolute atomic E-state index is 11.1. The van der Waals surface area contributed by atoms with Gasteiger partial charge in [-0.3, -0.25) is 4.79 Å². The third-order valence-corrected chi connectivity index (χ3v) is 2.23. The molecule has 0 atom stereocenters. The van der Waals surface area contributed by atoms with Gasteiger partial charge in [0.15, 0.2) is 0 Å². The van der Waals surface area contributed by atoms with Crippen LogP contribution in [-0.2, 0) is 22.4 Å². The van der Waals surface area contributed by atoms with Crippen molar-refractivity contribution in [3.63, 3.8) is 0 Å². The molecule has 0 spiro atoms. The minimum Gasteiger partial charge on any atom is -0.469 e. The van der Waals surface area contributed by atoms with Crippen molar-refractivity contribution in [1.29, 1.82) is 0 Å². The van der Waals surface area contributed by atoms with Gasteiger partial charge in [-0.15, -0.1) is 11.6 Å². The molecular formula is C11H13ClO2. The average Bonchev–Trinajstić information content (AvgIpc) is 2.21. The minimum absolute atomic E-state index is 0.216. The molecule has 76 valence electrons. The van der Waals surface area contributed by atoms with Crippen LogP contribution in [0.5, 0.6) is 0 Å². The first kappa shape index (κ1) is 11.1. The van der Waals surface area contributed by atoms with Crippen LogP contribution >= 0.6 is 11.6 Å². The number of methoxy groups -OCH3 is 1. The van der Waals surface area contributed by atoms with Gasteiger partial charge in [-0.1, -0.05) is 24.3 Å². The van der Waals surface area contributed by atoms with Gasteiger partial charge in [-0.05, 0) is 17.5 Å². The van der Waals surface area contributed by atoms with Crippen LogP contribution in [0.25, 0.3) is 0 Å². The van der Waals surface area contributed by atoms with Gasteiger partial charge in [-0.25, -0.2) is 0 Å². The molecule has 0 saturated carbocycles. The summed E-state index contributed by atoms with van der Waals surface area (Å²) in [5.74, 6) is 0.352. The Kier molecular flexibility index (Phi) is 4.47. The predicted molar refractivity (Wildman–Crippen MR) is 56.6 cm³/mol. The van der Waals surface area contributed by atoms with Crippen LogP contribution in [0, 0.1) is 0 Å². The number of hydrogen-bond acceptors (Lipinski definition) is 2. The van der Waals surface area contributed by atoms with Crippen molar-refractivity contribution >= 4 is 17.6 Å². The van der Waals surface area contributed by atoms with Crippen LogP contribution in [-0.4, -0.2) is 19.0 Å². The molecule has 0 aliphatic rings. The zero-order valence-corrected chi connectivity index (χ0v) is 8.88. The molecule has 0 aromatic heterocycles. The van der Waals surface area contributed by atoms with Crippen molar-refractivity contribution in [2.24, 2.45) is 0 Å². The summed E-state index contributed by atoms with van der Waals surface area (Å²) in [5, 5.41) is 0. The van der Waals surface area contributed by atoms with E-state index in [0.717, 1.165) is 17.5 Å². The second-order valence-corrected chi connectivity index (χ2v) is 3.34. The Bertz CT molecular complexity index is 310. The number of carbonyl (C=O) groups excluding carboxylic acids is 1. The summed E-state index contributed by atoms with van der Waals surface area (Å²) in [6, 6.07) is 7.78. The summed E-state index contributed by atoms with van der Waals surface area (Å²) >= 11 is 5.66. The summed E-state index contributed by atoms with van der Waals surface area (Å²) in [5.41, 5.74) is 2.12. The van der Waals surface area contributed by atoms with Crippen molar-refractivity contribution in [3.8, 4) is 0 Å². The van der Waals surface area contributed by atoms with Crippen LogP contribution in [0.15, 0.2) is 24.3 Å². The summed E-state index contributed by atoms with van der Waals surface area (Å²) < 4.78 is 4.62. The second kappa shape index (κ2) is 5.66. The van der Waals surface area contributed by atoms with E-state index in [9.17, 15) is 4.79 Å². The highest BCUT2D eigenvalue weighted by Crippen LogP contribution is 2.11. The Morgan fingerprint density at radius 1 is 1.36 bits per heavy atom. The fourth-order valence-corrected chi connectivity index (χ4v) is 1.51. The zero-order chi connectivity index (χ0) is 10.4. The van der Waals surface area contributed by atoms with Crippen LogP contribution < -0.4 is 0 Å². The van der Waals surface area contributed by atoms with E-state index in [-0.39, 0.29) is 5.97 Å². The number of esters is 1. The lowest BCUT2D eigenvalue weighted by Gasteiger charge is -2.06. The normalized spacial score (nSPS) is 9.86. The van der Waals surface area contributed by atoms with Crippen LogP contribution in [0.3, 0.4) is 0 Å². The van der Waals surface area contributed by atoms with Crippen LogP contribution in [0.2, 0.25) is 0 Å². The molecule has 0 radical (unpaired) electrons. The maximum atomic E-state index is 11.1. The fraction of sp³-hybridized carbons (Fsp3) is 0.364. The van der Waals surface area contributed by atoms with Crippen LogP contribution in [0.1, 0.15) is 11.1 Å². The first-order chi connectivity index (χ1) is 6.77. The molecule has 0 aliphatic heterocycles. The van der Waals surface area contributed by atoms with Gasteiger partial charge in [-0.2, -0.15) is 0 Å². The number of halogens is 1. The molecule has 0 bridgehead atoms. The van der Waals surface area contributed by atoms with E-state index in [4.69, 9.17) is 11.6 Å².